The molecular formula is C19H17F3N2O2. The van der Waals surface area contributed by atoms with Gasteiger partial charge in [-0.15, -0.1) is 0 Å². The molecule has 0 aliphatic heterocycles. The number of esters is 1. The van der Waals surface area contributed by atoms with Crippen molar-refractivity contribution in [1.82, 2.24) is 0 Å². The Balaban J connectivity index is 2.53. The Hall–Kier alpha value is -3.01. The van der Waals surface area contributed by atoms with E-state index >= 15 is 0 Å². The fraction of sp³-hybridized carbons (Fsp3) is 0.263. The van der Waals surface area contributed by atoms with Gasteiger partial charge in [-0.3, -0.25) is 5.41 Å². The number of benzene rings is 2. The highest BCUT2D eigenvalue weighted by Gasteiger charge is 2.42. The van der Waals surface area contributed by atoms with Gasteiger partial charge in [0.15, 0.2) is 0 Å². The zero-order valence-electron chi connectivity index (χ0n) is 14.2. The van der Waals surface area contributed by atoms with Gasteiger partial charge >= 0.3 is 12.1 Å². The normalized spacial score (nSPS) is 11.2. The van der Waals surface area contributed by atoms with E-state index in [1.807, 2.05) is 13.8 Å². The van der Waals surface area contributed by atoms with Gasteiger partial charge in [0.2, 0.25) is 0 Å². The highest BCUT2D eigenvalue weighted by Crippen LogP contribution is 2.32. The minimum Gasteiger partial charge on any atom is -0.418 e. The van der Waals surface area contributed by atoms with Crippen LogP contribution in [0.4, 0.5) is 13.2 Å². The first-order chi connectivity index (χ1) is 12.1. The number of carbonyl (C=O) groups is 1. The third-order valence-corrected chi connectivity index (χ3v) is 3.43. The standard InChI is InChI=1S/C19H17F3N2O2/c1-11(2)4-3-5-12-6-8-14-13(10-12)7-9-15(17(23)24)16(14)26-18(25)19(20,21)22/h6-11H,4H2,1-2H3,(H3,23,24). The molecule has 0 bridgehead atoms. The number of rotatable bonds is 3. The molecule has 0 unspecified atom stereocenters. The quantitative estimate of drug-likeness (QED) is 0.285. The molecule has 4 nitrogen and oxygen atoms in total. The van der Waals surface area contributed by atoms with Crippen LogP contribution in [-0.4, -0.2) is 18.0 Å². The van der Waals surface area contributed by atoms with Crippen molar-refractivity contribution < 1.29 is 22.7 Å². The maximum atomic E-state index is 12.6. The highest BCUT2D eigenvalue weighted by molar-refractivity contribution is 6.05. The van der Waals surface area contributed by atoms with Gasteiger partial charge in [0, 0.05) is 17.4 Å². The molecule has 0 saturated carbocycles. The van der Waals surface area contributed by atoms with Gasteiger partial charge in [-0.25, -0.2) is 4.79 Å². The Morgan fingerprint density at radius 1 is 1.27 bits per heavy atom. The molecule has 0 aliphatic carbocycles. The maximum absolute atomic E-state index is 12.6. The lowest BCUT2D eigenvalue weighted by Crippen LogP contribution is -2.29. The monoisotopic (exact) mass is 362 g/mol. The largest absolute Gasteiger partial charge is 0.491 e. The molecule has 0 heterocycles. The molecule has 0 aromatic heterocycles. The fourth-order valence-corrected chi connectivity index (χ4v) is 2.21. The van der Waals surface area contributed by atoms with Crippen LogP contribution >= 0.6 is 0 Å². The molecule has 0 atom stereocenters. The minimum absolute atomic E-state index is 0.0891. The van der Waals surface area contributed by atoms with Crippen LogP contribution in [0, 0.1) is 23.2 Å². The fourth-order valence-electron chi connectivity index (χ4n) is 2.21. The molecule has 0 aliphatic rings. The van der Waals surface area contributed by atoms with Gasteiger partial charge < -0.3 is 10.5 Å². The first kappa shape index (κ1) is 19.3. The molecule has 3 N–H and O–H groups in total. The van der Waals surface area contributed by atoms with Gasteiger partial charge in [-0.1, -0.05) is 31.8 Å². The molecule has 0 radical (unpaired) electrons. The summed E-state index contributed by atoms with van der Waals surface area (Å²) in [5.74, 6) is 3.18. The maximum Gasteiger partial charge on any atom is 0.491 e. The molecule has 2 aromatic rings. The van der Waals surface area contributed by atoms with Gasteiger partial charge in [-0.2, -0.15) is 13.2 Å². The first-order valence-corrected chi connectivity index (χ1v) is 7.78. The zero-order chi connectivity index (χ0) is 19.5. The van der Waals surface area contributed by atoms with Crippen LogP contribution in [0.15, 0.2) is 30.3 Å². The molecule has 0 spiro atoms. The van der Waals surface area contributed by atoms with E-state index in [1.54, 1.807) is 18.2 Å². The topological polar surface area (TPSA) is 76.2 Å². The number of alkyl halides is 3. The highest BCUT2D eigenvalue weighted by atomic mass is 19.4. The Morgan fingerprint density at radius 3 is 2.54 bits per heavy atom. The molecule has 0 amide bonds. The third kappa shape index (κ3) is 4.54. The number of amidine groups is 1. The molecule has 2 rings (SSSR count). The van der Waals surface area contributed by atoms with Gasteiger partial charge in [0.25, 0.3) is 0 Å². The second-order valence-corrected chi connectivity index (χ2v) is 6.08. The van der Waals surface area contributed by atoms with Gasteiger partial charge in [0.1, 0.15) is 11.6 Å². The number of hydrogen-bond acceptors (Lipinski definition) is 3. The van der Waals surface area contributed by atoms with E-state index in [0.717, 1.165) is 6.42 Å². The summed E-state index contributed by atoms with van der Waals surface area (Å²) in [5.41, 5.74) is 6.00. The predicted molar refractivity (Wildman–Crippen MR) is 93.0 cm³/mol. The first-order valence-electron chi connectivity index (χ1n) is 7.78. The summed E-state index contributed by atoms with van der Waals surface area (Å²) in [6.45, 7) is 4.08. The summed E-state index contributed by atoms with van der Waals surface area (Å²) >= 11 is 0. The van der Waals surface area contributed by atoms with Crippen molar-refractivity contribution in [2.24, 2.45) is 11.7 Å². The van der Waals surface area contributed by atoms with E-state index in [4.69, 9.17) is 11.1 Å². The van der Waals surface area contributed by atoms with Crippen LogP contribution in [0.2, 0.25) is 0 Å². The Morgan fingerprint density at radius 2 is 1.96 bits per heavy atom. The van der Waals surface area contributed by atoms with E-state index in [2.05, 4.69) is 16.6 Å². The van der Waals surface area contributed by atoms with E-state index < -0.39 is 18.0 Å². The van der Waals surface area contributed by atoms with Crippen LogP contribution in [-0.2, 0) is 4.79 Å². The summed E-state index contributed by atoms with van der Waals surface area (Å²) in [5, 5.41) is 8.27. The number of halogens is 3. The Kier molecular flexibility index (Phi) is 5.56. The van der Waals surface area contributed by atoms with Crippen molar-refractivity contribution in [2.75, 3.05) is 0 Å². The Bertz CT molecular complexity index is 922. The second-order valence-electron chi connectivity index (χ2n) is 6.08. The molecule has 0 saturated heterocycles. The number of hydrogen-bond donors (Lipinski definition) is 2. The number of fused-ring (bicyclic) bond motifs is 1. The summed E-state index contributed by atoms with van der Waals surface area (Å²) in [6, 6.07) is 7.72. The second kappa shape index (κ2) is 7.48. The van der Waals surface area contributed by atoms with Crippen LogP contribution < -0.4 is 10.5 Å². The predicted octanol–water partition coefficient (Wildman–Crippen LogP) is 3.99. The lowest BCUT2D eigenvalue weighted by Gasteiger charge is -2.13. The van der Waals surface area contributed by atoms with Crippen molar-refractivity contribution in [2.45, 2.75) is 26.4 Å². The molecular weight excluding hydrogens is 345 g/mol. The van der Waals surface area contributed by atoms with Crippen LogP contribution in [0.1, 0.15) is 31.4 Å². The van der Waals surface area contributed by atoms with Gasteiger partial charge in [-0.05, 0) is 35.6 Å². The Labute approximate surface area is 148 Å². The van der Waals surface area contributed by atoms with E-state index in [0.29, 0.717) is 16.9 Å². The summed E-state index contributed by atoms with van der Waals surface area (Å²) < 4.78 is 42.2. The number of nitrogens with one attached hydrogen (secondary N) is 1. The average molecular weight is 362 g/mol. The van der Waals surface area contributed by atoms with Crippen LogP contribution in [0.5, 0.6) is 5.75 Å². The number of carbonyl (C=O) groups excluding carboxylic acids is 1. The van der Waals surface area contributed by atoms with Crippen LogP contribution in [0.25, 0.3) is 10.8 Å². The molecule has 136 valence electrons. The number of nitrogens with two attached hydrogens (primary N) is 1. The van der Waals surface area contributed by atoms with Crippen molar-refractivity contribution in [3.63, 3.8) is 0 Å². The van der Waals surface area contributed by atoms with E-state index in [1.165, 1.54) is 12.1 Å². The smallest absolute Gasteiger partial charge is 0.418 e. The molecule has 7 heteroatoms. The molecule has 26 heavy (non-hydrogen) atoms. The number of nitrogen functional groups attached to an aromatic ring is 1. The van der Waals surface area contributed by atoms with Crippen LogP contribution in [0.3, 0.4) is 0 Å². The van der Waals surface area contributed by atoms with Gasteiger partial charge in [0.05, 0.1) is 5.56 Å². The third-order valence-electron chi connectivity index (χ3n) is 3.43. The van der Waals surface area contributed by atoms with Crippen molar-refractivity contribution in [3.8, 4) is 17.6 Å². The lowest BCUT2D eigenvalue weighted by molar-refractivity contribution is -0.189. The SMILES string of the molecule is CC(C)CC#Cc1ccc2c(OC(=O)C(F)(F)F)c(C(=N)N)ccc2c1. The minimum atomic E-state index is -5.15. The van der Waals surface area contributed by atoms with Crippen molar-refractivity contribution in [1.29, 1.82) is 5.41 Å². The van der Waals surface area contributed by atoms with Crippen molar-refractivity contribution >= 4 is 22.6 Å². The summed E-state index contributed by atoms with van der Waals surface area (Å²) in [4.78, 5) is 11.2. The zero-order valence-corrected chi connectivity index (χ0v) is 14.2. The number of ether oxygens (including phenoxy) is 1. The summed E-state index contributed by atoms with van der Waals surface area (Å²) in [6.07, 6.45) is -4.44. The molecule has 2 aromatic carbocycles. The lowest BCUT2D eigenvalue weighted by atomic mass is 10.0. The van der Waals surface area contributed by atoms with E-state index in [-0.39, 0.29) is 16.7 Å². The van der Waals surface area contributed by atoms with E-state index in [9.17, 15) is 18.0 Å². The average Bonchev–Trinajstić information content (AvgIpc) is 2.53. The molecule has 0 fully saturated rings. The van der Waals surface area contributed by atoms with Crippen molar-refractivity contribution in [3.05, 3.63) is 41.5 Å². The summed E-state index contributed by atoms with van der Waals surface area (Å²) in [7, 11) is 0.